The number of hydrogen-bond donors (Lipinski definition) is 4. The Hall–Kier alpha value is -4.39. The summed E-state index contributed by atoms with van der Waals surface area (Å²) in [6, 6.07) is 7.19. The van der Waals surface area contributed by atoms with Crippen molar-refractivity contribution in [2.24, 2.45) is 0 Å². The Kier molecular flexibility index (Phi) is 8.72. The first-order valence-electron chi connectivity index (χ1n) is 9.55. The number of fused-ring (bicyclic) bond motifs is 2. The highest BCUT2D eigenvalue weighted by atomic mass is 19.1. The molecular formula is C21H20F2N4O7. The maximum absolute atomic E-state index is 12.9. The number of halogens is 2. The molecule has 0 unspecified atom stereocenters. The summed E-state index contributed by atoms with van der Waals surface area (Å²) in [4.78, 5) is 57.7. The number of carbonyl (C=O) groups excluding carboxylic acids is 2. The number of carbonyl (C=O) groups is 3. The summed E-state index contributed by atoms with van der Waals surface area (Å²) in [6.07, 6.45) is 0. The minimum Gasteiger partial charge on any atom is -0.480 e. The SMILES string of the molecule is CN1CC(=O)Nc2ccc(F)cc2C1=O.CNCC(=O)O.O=c1[nH]c2ccc(F)cc2c(=O)o1. The third-order valence-electron chi connectivity index (χ3n) is 4.17. The number of nitrogens with one attached hydrogen (secondary N) is 3. The van der Waals surface area contributed by atoms with Gasteiger partial charge in [-0.3, -0.25) is 19.4 Å². The Morgan fingerprint density at radius 3 is 2.38 bits per heavy atom. The molecule has 3 aromatic rings. The number of H-pyrrole nitrogens is 1. The van der Waals surface area contributed by atoms with Gasteiger partial charge in [0.25, 0.3) is 5.91 Å². The second-order valence-corrected chi connectivity index (χ2v) is 6.82. The molecule has 4 rings (SSSR count). The molecule has 11 nitrogen and oxygen atoms in total. The zero-order chi connectivity index (χ0) is 25.4. The van der Waals surface area contributed by atoms with Crippen LogP contribution in [0, 0.1) is 11.6 Å². The van der Waals surface area contributed by atoms with E-state index in [0.29, 0.717) is 5.69 Å². The molecule has 2 heterocycles. The molecule has 1 aliphatic heterocycles. The molecule has 0 radical (unpaired) electrons. The molecule has 0 spiro atoms. The van der Waals surface area contributed by atoms with Crippen LogP contribution in [-0.2, 0) is 9.59 Å². The molecule has 0 atom stereocenters. The summed E-state index contributed by atoms with van der Waals surface area (Å²) in [5.41, 5.74) is -0.0278. The number of hydrogen-bond acceptors (Lipinski definition) is 7. The number of likely N-dealkylation sites (N-methyl/N-ethyl adjacent to an activating group) is 2. The number of rotatable bonds is 2. The highest BCUT2D eigenvalue weighted by molar-refractivity contribution is 6.08. The second kappa shape index (κ2) is 11.5. The lowest BCUT2D eigenvalue weighted by Gasteiger charge is -2.11. The van der Waals surface area contributed by atoms with Crippen molar-refractivity contribution in [3.8, 4) is 0 Å². The summed E-state index contributed by atoms with van der Waals surface area (Å²) in [7, 11) is 3.09. The molecule has 180 valence electrons. The van der Waals surface area contributed by atoms with E-state index >= 15 is 0 Å². The second-order valence-electron chi connectivity index (χ2n) is 6.82. The summed E-state index contributed by atoms with van der Waals surface area (Å²) < 4.78 is 29.8. The fourth-order valence-corrected chi connectivity index (χ4v) is 2.71. The average Bonchev–Trinajstić information content (AvgIpc) is 2.85. The quantitative estimate of drug-likeness (QED) is 0.420. The molecule has 0 saturated carbocycles. The molecule has 0 saturated heterocycles. The largest absolute Gasteiger partial charge is 0.480 e. The van der Waals surface area contributed by atoms with Crippen LogP contribution in [0.1, 0.15) is 10.4 Å². The van der Waals surface area contributed by atoms with Crippen molar-refractivity contribution in [2.75, 3.05) is 32.5 Å². The third kappa shape index (κ3) is 7.06. The van der Waals surface area contributed by atoms with Crippen molar-refractivity contribution in [1.82, 2.24) is 15.2 Å². The van der Waals surface area contributed by atoms with E-state index in [1.807, 2.05) is 0 Å². The lowest BCUT2D eigenvalue weighted by Crippen LogP contribution is -2.31. The predicted octanol–water partition coefficient (Wildman–Crippen LogP) is 0.761. The van der Waals surface area contributed by atoms with Gasteiger partial charge in [-0.2, -0.15) is 0 Å². The van der Waals surface area contributed by atoms with Gasteiger partial charge in [0, 0.05) is 7.05 Å². The number of amides is 2. The van der Waals surface area contributed by atoms with Crippen molar-refractivity contribution in [2.45, 2.75) is 0 Å². The zero-order valence-corrected chi connectivity index (χ0v) is 18.0. The number of carboxylic acid groups (broad SMARTS) is 1. The molecule has 13 heteroatoms. The van der Waals surface area contributed by atoms with E-state index in [9.17, 15) is 32.8 Å². The first kappa shape index (κ1) is 25.9. The van der Waals surface area contributed by atoms with Crippen LogP contribution in [0.3, 0.4) is 0 Å². The van der Waals surface area contributed by atoms with E-state index in [1.165, 1.54) is 30.1 Å². The van der Waals surface area contributed by atoms with Gasteiger partial charge in [-0.1, -0.05) is 0 Å². The molecular weight excluding hydrogens is 458 g/mol. The van der Waals surface area contributed by atoms with Crippen molar-refractivity contribution < 1.29 is 32.7 Å². The van der Waals surface area contributed by atoms with Gasteiger partial charge in [0.15, 0.2) is 0 Å². The molecule has 2 aromatic carbocycles. The zero-order valence-electron chi connectivity index (χ0n) is 18.0. The number of nitrogens with zero attached hydrogens (tertiary/aromatic N) is 1. The molecule has 0 aliphatic carbocycles. The van der Waals surface area contributed by atoms with Crippen LogP contribution < -0.4 is 22.0 Å². The molecule has 4 N–H and O–H groups in total. The van der Waals surface area contributed by atoms with Gasteiger partial charge in [0.1, 0.15) is 11.6 Å². The molecule has 1 aliphatic rings. The van der Waals surface area contributed by atoms with Gasteiger partial charge in [0.05, 0.1) is 35.2 Å². The number of aliphatic carboxylic acids is 1. The Morgan fingerprint density at radius 2 is 1.76 bits per heavy atom. The first-order chi connectivity index (χ1) is 16.0. The molecule has 0 fully saturated rings. The maximum Gasteiger partial charge on any atom is 0.419 e. The van der Waals surface area contributed by atoms with Crippen LogP contribution in [-0.4, -0.2) is 60.0 Å². The highest BCUT2D eigenvalue weighted by Gasteiger charge is 2.23. The van der Waals surface area contributed by atoms with Crippen molar-refractivity contribution in [1.29, 1.82) is 0 Å². The van der Waals surface area contributed by atoms with Gasteiger partial charge < -0.3 is 25.1 Å². The third-order valence-corrected chi connectivity index (χ3v) is 4.17. The van der Waals surface area contributed by atoms with Gasteiger partial charge >= 0.3 is 17.4 Å². The summed E-state index contributed by atoms with van der Waals surface area (Å²) in [5.74, 6) is -3.35. The van der Waals surface area contributed by atoms with Crippen molar-refractivity contribution in [3.63, 3.8) is 0 Å². The van der Waals surface area contributed by atoms with E-state index in [1.54, 1.807) is 7.05 Å². The molecule has 34 heavy (non-hydrogen) atoms. The fourth-order valence-electron chi connectivity index (χ4n) is 2.71. The topological polar surface area (TPSA) is 162 Å². The predicted molar refractivity (Wildman–Crippen MR) is 117 cm³/mol. The van der Waals surface area contributed by atoms with Gasteiger partial charge in [0.2, 0.25) is 5.91 Å². The number of aromatic nitrogens is 1. The Bertz CT molecular complexity index is 1340. The normalized spacial score (nSPS) is 12.4. The van der Waals surface area contributed by atoms with Crippen molar-refractivity contribution in [3.05, 3.63) is 74.6 Å². The van der Waals surface area contributed by atoms with Crippen LogP contribution in [0.2, 0.25) is 0 Å². The molecule has 0 bridgehead atoms. The fraction of sp³-hybridized carbons (Fsp3) is 0.190. The number of anilines is 1. The van der Waals surface area contributed by atoms with E-state index in [2.05, 4.69) is 20.0 Å². The summed E-state index contributed by atoms with van der Waals surface area (Å²) >= 11 is 0. The Morgan fingerprint density at radius 1 is 1.12 bits per heavy atom. The molecule has 1 aromatic heterocycles. The standard InChI is InChI=1S/C10H9FN2O2.C8H4FNO3.C3H7NO2/c1-13-5-9(14)12-8-3-2-6(11)4-7(8)10(13)15;9-4-1-2-6-5(3-4)7(11)13-8(12)10-6;1-4-2-3(5)6/h2-4H,5H2,1H3,(H,12,14);1-3H,(H,10,12);4H,2H2,1H3,(H,5,6). The number of carboxylic acids is 1. The Balaban J connectivity index is 0.000000197. The summed E-state index contributed by atoms with van der Waals surface area (Å²) in [6.45, 7) is 0.0229. The van der Waals surface area contributed by atoms with E-state index < -0.39 is 29.0 Å². The first-order valence-corrected chi connectivity index (χ1v) is 9.55. The van der Waals surface area contributed by atoms with Gasteiger partial charge in [-0.15, -0.1) is 0 Å². The van der Waals surface area contributed by atoms with Crippen LogP contribution in [0.4, 0.5) is 14.5 Å². The van der Waals surface area contributed by atoms with Crippen LogP contribution in [0.5, 0.6) is 0 Å². The smallest absolute Gasteiger partial charge is 0.419 e. The van der Waals surface area contributed by atoms with Crippen LogP contribution in [0.25, 0.3) is 10.9 Å². The van der Waals surface area contributed by atoms with E-state index in [-0.39, 0.29) is 41.4 Å². The van der Waals surface area contributed by atoms with Gasteiger partial charge in [-0.05, 0) is 43.4 Å². The van der Waals surface area contributed by atoms with E-state index in [4.69, 9.17) is 5.11 Å². The lowest BCUT2D eigenvalue weighted by atomic mass is 10.1. The lowest BCUT2D eigenvalue weighted by molar-refractivity contribution is -0.135. The maximum atomic E-state index is 12.9. The van der Waals surface area contributed by atoms with Gasteiger partial charge in [-0.25, -0.2) is 18.4 Å². The Labute approximate surface area is 190 Å². The minimum atomic E-state index is -0.843. The highest BCUT2D eigenvalue weighted by Crippen LogP contribution is 2.20. The van der Waals surface area contributed by atoms with Crippen LogP contribution >= 0.6 is 0 Å². The van der Waals surface area contributed by atoms with Crippen LogP contribution in [0.15, 0.2) is 50.4 Å². The number of aromatic amines is 1. The number of benzene rings is 2. The molecule has 2 amide bonds. The monoisotopic (exact) mass is 478 g/mol. The average molecular weight is 478 g/mol. The van der Waals surface area contributed by atoms with E-state index in [0.717, 1.165) is 18.2 Å². The summed E-state index contributed by atoms with van der Waals surface area (Å²) in [5, 5.41) is 12.9. The minimum absolute atomic E-state index is 0.0187. The van der Waals surface area contributed by atoms with Crippen molar-refractivity contribution >= 4 is 34.4 Å².